The molecule has 0 aliphatic heterocycles. The number of aliphatic carboxylic acids is 1. The molecule has 0 unspecified atom stereocenters. The van der Waals surface area contributed by atoms with Crippen molar-refractivity contribution in [1.29, 1.82) is 0 Å². The van der Waals surface area contributed by atoms with Gasteiger partial charge in [-0.3, -0.25) is 4.79 Å². The molecule has 0 aliphatic carbocycles. The first-order valence-electron chi connectivity index (χ1n) is 5.01. The lowest BCUT2D eigenvalue weighted by Crippen LogP contribution is -1.93. The highest BCUT2D eigenvalue weighted by Gasteiger charge is 1.94. The van der Waals surface area contributed by atoms with Gasteiger partial charge in [-0.2, -0.15) is 12.6 Å². The average molecular weight is 206 g/mol. The molecule has 0 aromatic carbocycles. The van der Waals surface area contributed by atoms with Gasteiger partial charge in [0, 0.05) is 6.42 Å². The van der Waals surface area contributed by atoms with E-state index in [1.165, 1.54) is 19.3 Å². The zero-order valence-corrected chi connectivity index (χ0v) is 9.65. The van der Waals surface area contributed by atoms with Crippen LogP contribution in [0.5, 0.6) is 0 Å². The fourth-order valence-corrected chi connectivity index (χ4v) is 0.880. The van der Waals surface area contributed by atoms with E-state index in [1.807, 2.05) is 6.92 Å². The summed E-state index contributed by atoms with van der Waals surface area (Å²) in [6.45, 7) is 4.14. The van der Waals surface area contributed by atoms with E-state index < -0.39 is 5.97 Å². The summed E-state index contributed by atoms with van der Waals surface area (Å²) in [6.07, 6.45) is 5.88. The van der Waals surface area contributed by atoms with Gasteiger partial charge in [0.2, 0.25) is 0 Å². The summed E-state index contributed by atoms with van der Waals surface area (Å²) in [6, 6.07) is 0. The Hall–Kier alpha value is -0.180. The van der Waals surface area contributed by atoms with Gasteiger partial charge in [-0.1, -0.05) is 39.5 Å². The maximum absolute atomic E-state index is 10.0. The molecular formula is C10H22O2S. The Morgan fingerprint density at radius 3 is 2.00 bits per heavy atom. The van der Waals surface area contributed by atoms with E-state index in [2.05, 4.69) is 19.6 Å². The van der Waals surface area contributed by atoms with Crippen LogP contribution in [-0.4, -0.2) is 16.8 Å². The first-order valence-corrected chi connectivity index (χ1v) is 5.64. The van der Waals surface area contributed by atoms with Crippen molar-refractivity contribution in [3.05, 3.63) is 0 Å². The SMILES string of the molecule is CCCCCCCC(=O)O.CCS. The Labute approximate surface area is 87.1 Å². The van der Waals surface area contributed by atoms with Crippen molar-refractivity contribution in [1.82, 2.24) is 0 Å². The minimum Gasteiger partial charge on any atom is -0.481 e. The number of carboxylic acids is 1. The molecule has 0 atom stereocenters. The van der Waals surface area contributed by atoms with Crippen LogP contribution in [0.25, 0.3) is 0 Å². The standard InChI is InChI=1S/C8H16O2.C2H6S/c1-2-3-4-5-6-7-8(9)10;1-2-3/h2-7H2,1H3,(H,9,10);3H,2H2,1H3. The molecule has 0 aromatic rings. The number of carbonyl (C=O) groups is 1. The smallest absolute Gasteiger partial charge is 0.303 e. The van der Waals surface area contributed by atoms with Crippen molar-refractivity contribution in [2.45, 2.75) is 52.4 Å². The third-order valence-electron chi connectivity index (χ3n) is 1.49. The number of rotatable bonds is 6. The number of carboxylic acid groups (broad SMARTS) is 1. The van der Waals surface area contributed by atoms with Crippen LogP contribution in [0.1, 0.15) is 52.4 Å². The summed E-state index contributed by atoms with van der Waals surface area (Å²) >= 11 is 3.79. The monoisotopic (exact) mass is 206 g/mol. The first-order chi connectivity index (χ1) is 6.18. The Balaban J connectivity index is 0. The Morgan fingerprint density at radius 1 is 1.15 bits per heavy atom. The maximum Gasteiger partial charge on any atom is 0.303 e. The van der Waals surface area contributed by atoms with E-state index in [9.17, 15) is 4.79 Å². The van der Waals surface area contributed by atoms with Crippen LogP contribution in [0.3, 0.4) is 0 Å². The molecule has 0 spiro atoms. The zero-order valence-electron chi connectivity index (χ0n) is 8.75. The van der Waals surface area contributed by atoms with Gasteiger partial charge in [0.05, 0.1) is 0 Å². The van der Waals surface area contributed by atoms with Crippen LogP contribution in [0, 0.1) is 0 Å². The van der Waals surface area contributed by atoms with Crippen molar-refractivity contribution < 1.29 is 9.90 Å². The van der Waals surface area contributed by atoms with Crippen molar-refractivity contribution in [3.8, 4) is 0 Å². The topological polar surface area (TPSA) is 37.3 Å². The number of hydrogen-bond donors (Lipinski definition) is 2. The zero-order chi connectivity index (χ0) is 10.5. The van der Waals surface area contributed by atoms with Crippen LogP contribution in [-0.2, 0) is 4.79 Å². The summed E-state index contributed by atoms with van der Waals surface area (Å²) < 4.78 is 0. The molecule has 0 heterocycles. The molecule has 0 saturated heterocycles. The second-order valence-corrected chi connectivity index (χ2v) is 3.51. The number of thiol groups is 1. The number of unbranched alkanes of at least 4 members (excludes halogenated alkanes) is 4. The molecule has 13 heavy (non-hydrogen) atoms. The molecule has 0 bridgehead atoms. The lowest BCUT2D eigenvalue weighted by atomic mass is 10.1. The Kier molecular flexibility index (Phi) is 16.9. The highest BCUT2D eigenvalue weighted by atomic mass is 32.1. The van der Waals surface area contributed by atoms with Gasteiger partial charge >= 0.3 is 5.97 Å². The Bertz CT molecular complexity index is 105. The van der Waals surface area contributed by atoms with Crippen LogP contribution in [0.4, 0.5) is 0 Å². The van der Waals surface area contributed by atoms with E-state index in [0.29, 0.717) is 6.42 Å². The van der Waals surface area contributed by atoms with Crippen molar-refractivity contribution in [3.63, 3.8) is 0 Å². The minimum atomic E-state index is -0.670. The molecule has 0 rings (SSSR count). The maximum atomic E-state index is 10.0. The van der Waals surface area contributed by atoms with Gasteiger partial charge in [-0.15, -0.1) is 0 Å². The molecule has 3 heteroatoms. The summed E-state index contributed by atoms with van der Waals surface area (Å²) in [7, 11) is 0. The second-order valence-electron chi connectivity index (χ2n) is 2.87. The van der Waals surface area contributed by atoms with Crippen molar-refractivity contribution in [2.24, 2.45) is 0 Å². The molecule has 0 radical (unpaired) electrons. The van der Waals surface area contributed by atoms with Gasteiger partial charge in [0.15, 0.2) is 0 Å². The summed E-state index contributed by atoms with van der Waals surface area (Å²) in [5.41, 5.74) is 0. The highest BCUT2D eigenvalue weighted by molar-refractivity contribution is 7.80. The van der Waals surface area contributed by atoms with Crippen LogP contribution in [0.15, 0.2) is 0 Å². The van der Waals surface area contributed by atoms with Crippen LogP contribution in [0.2, 0.25) is 0 Å². The molecule has 0 fully saturated rings. The summed E-state index contributed by atoms with van der Waals surface area (Å²) in [5, 5.41) is 8.27. The van der Waals surface area contributed by atoms with Gasteiger partial charge in [0.25, 0.3) is 0 Å². The largest absolute Gasteiger partial charge is 0.481 e. The summed E-state index contributed by atoms with van der Waals surface area (Å²) in [4.78, 5) is 10.0. The fourth-order valence-electron chi connectivity index (χ4n) is 0.880. The highest BCUT2D eigenvalue weighted by Crippen LogP contribution is 2.04. The van der Waals surface area contributed by atoms with Gasteiger partial charge < -0.3 is 5.11 Å². The fraction of sp³-hybridized carbons (Fsp3) is 0.900. The molecular weight excluding hydrogens is 184 g/mol. The predicted molar refractivity (Wildman–Crippen MR) is 60.5 cm³/mol. The Morgan fingerprint density at radius 2 is 1.62 bits per heavy atom. The lowest BCUT2D eigenvalue weighted by molar-refractivity contribution is -0.137. The van der Waals surface area contributed by atoms with E-state index in [0.717, 1.165) is 18.6 Å². The van der Waals surface area contributed by atoms with E-state index in [-0.39, 0.29) is 0 Å². The average Bonchev–Trinajstić information content (AvgIpc) is 2.05. The van der Waals surface area contributed by atoms with Crippen molar-refractivity contribution >= 4 is 18.6 Å². The third kappa shape index (κ3) is 24.5. The minimum absolute atomic E-state index is 0.337. The predicted octanol–water partition coefficient (Wildman–Crippen LogP) is 3.37. The van der Waals surface area contributed by atoms with Crippen molar-refractivity contribution in [2.75, 3.05) is 5.75 Å². The van der Waals surface area contributed by atoms with E-state index >= 15 is 0 Å². The van der Waals surface area contributed by atoms with E-state index in [4.69, 9.17) is 5.11 Å². The second kappa shape index (κ2) is 14.3. The molecule has 0 amide bonds. The quantitative estimate of drug-likeness (QED) is 0.516. The molecule has 80 valence electrons. The first kappa shape index (κ1) is 15.3. The third-order valence-corrected chi connectivity index (χ3v) is 1.49. The number of hydrogen-bond acceptors (Lipinski definition) is 2. The molecule has 0 aliphatic rings. The van der Waals surface area contributed by atoms with E-state index in [1.54, 1.807) is 0 Å². The molecule has 0 saturated carbocycles. The van der Waals surface area contributed by atoms with Gasteiger partial charge in [-0.25, -0.2) is 0 Å². The van der Waals surface area contributed by atoms with Gasteiger partial charge in [0.1, 0.15) is 0 Å². The molecule has 1 N–H and O–H groups in total. The van der Waals surface area contributed by atoms with Crippen LogP contribution < -0.4 is 0 Å². The lowest BCUT2D eigenvalue weighted by Gasteiger charge is -1.95. The van der Waals surface area contributed by atoms with Crippen LogP contribution >= 0.6 is 12.6 Å². The normalized spacial score (nSPS) is 8.85. The van der Waals surface area contributed by atoms with Gasteiger partial charge in [-0.05, 0) is 12.2 Å². The molecule has 2 nitrogen and oxygen atoms in total. The molecule has 0 aromatic heterocycles. The summed E-state index contributed by atoms with van der Waals surface area (Å²) in [5.74, 6) is 0.275.